The number of H-pyrrole nitrogens is 2. The van der Waals surface area contributed by atoms with Gasteiger partial charge >= 0.3 is 0 Å². The number of nitrogens with zero attached hydrogens (tertiary/aromatic N) is 2. The number of ether oxygens (including phenoxy) is 6. The molecule has 0 radical (unpaired) electrons. The second-order valence-electron chi connectivity index (χ2n) is 15.7. The van der Waals surface area contributed by atoms with Gasteiger partial charge in [-0.05, 0) is 95.4 Å². The van der Waals surface area contributed by atoms with E-state index in [0.29, 0.717) is 60.1 Å². The Morgan fingerprint density at radius 3 is 1.67 bits per heavy atom. The largest absolute Gasteiger partial charge is 0.497 e. The van der Waals surface area contributed by atoms with Crippen LogP contribution in [0.1, 0.15) is 74.2 Å². The standard InChI is InChI=1S/C28H33N3O5.C24H24N2O3.C2H6/c1-6-7-24-21-16-26(36-5)25(35-4)15-20(21)22(28(32)31-24)14-18-12-17-13-19(34-3)8-9-23(17)30-27(18)29-10-11-33-2;1-4-7-21-18-13-23(29-3)22(28-2)12-17(18)19(24(27)26-21)11-15-10-16-8-5-6-9-20(16)25-14-15;1-2/h8-9,12-13,15-16H,6-7,10-11,14H2,1-5H3,(H,29,30)(H,31,32);5-6,8-10,12-14H,4,7,11H2,1-3H3,(H,26,27);1-2H3. The van der Waals surface area contributed by atoms with E-state index >= 15 is 0 Å². The molecule has 0 atom stereocenters. The first kappa shape index (κ1) is 49.3. The quantitative estimate of drug-likeness (QED) is 0.0747. The van der Waals surface area contributed by atoms with Crippen LogP contribution in [0.4, 0.5) is 5.82 Å². The molecule has 0 fully saturated rings. The van der Waals surface area contributed by atoms with Gasteiger partial charge < -0.3 is 43.7 Å². The summed E-state index contributed by atoms with van der Waals surface area (Å²) in [7, 11) is 9.74. The highest BCUT2D eigenvalue weighted by Gasteiger charge is 2.19. The lowest BCUT2D eigenvalue weighted by molar-refractivity contribution is 0.210. The number of aromatic amines is 2. The van der Waals surface area contributed by atoms with Crippen LogP contribution in [0, 0.1) is 0 Å². The van der Waals surface area contributed by atoms with Gasteiger partial charge in [0.25, 0.3) is 11.1 Å². The predicted octanol–water partition coefficient (Wildman–Crippen LogP) is 10.4. The van der Waals surface area contributed by atoms with Crippen molar-refractivity contribution in [2.45, 2.75) is 66.2 Å². The molecule has 67 heavy (non-hydrogen) atoms. The van der Waals surface area contributed by atoms with Crippen molar-refractivity contribution in [1.82, 2.24) is 19.9 Å². The molecule has 13 nitrogen and oxygen atoms in total. The molecule has 0 aliphatic rings. The molecule has 0 aliphatic carbocycles. The predicted molar refractivity (Wildman–Crippen MR) is 271 cm³/mol. The molecule has 0 amide bonds. The number of anilines is 1. The molecule has 4 aromatic heterocycles. The minimum atomic E-state index is -0.119. The third-order valence-corrected chi connectivity index (χ3v) is 11.5. The molecule has 4 aromatic carbocycles. The molecule has 13 heteroatoms. The average Bonchev–Trinajstić information content (AvgIpc) is 3.36. The zero-order valence-corrected chi connectivity index (χ0v) is 40.4. The molecule has 0 aliphatic heterocycles. The number of hydrogen-bond acceptors (Lipinski definition) is 11. The van der Waals surface area contributed by atoms with Crippen LogP contribution in [-0.2, 0) is 30.4 Å². The van der Waals surface area contributed by atoms with E-state index in [2.05, 4.69) is 46.2 Å². The van der Waals surface area contributed by atoms with Gasteiger partial charge in [0.05, 0.1) is 53.2 Å². The Kier molecular flexibility index (Phi) is 17.2. The molecule has 0 saturated heterocycles. The summed E-state index contributed by atoms with van der Waals surface area (Å²) in [6, 6.07) is 25.6. The number of aromatic nitrogens is 4. The summed E-state index contributed by atoms with van der Waals surface area (Å²) >= 11 is 0. The molecule has 0 spiro atoms. The highest BCUT2D eigenvalue weighted by molar-refractivity contribution is 5.92. The number of para-hydroxylation sites is 1. The van der Waals surface area contributed by atoms with Gasteiger partial charge in [-0.15, -0.1) is 0 Å². The van der Waals surface area contributed by atoms with Crippen LogP contribution in [0.5, 0.6) is 28.7 Å². The summed E-state index contributed by atoms with van der Waals surface area (Å²) in [6.45, 7) is 9.31. The van der Waals surface area contributed by atoms with Gasteiger partial charge in [-0.1, -0.05) is 58.7 Å². The number of hydrogen-bond donors (Lipinski definition) is 3. The molecule has 8 rings (SSSR count). The van der Waals surface area contributed by atoms with Crippen molar-refractivity contribution in [2.75, 3.05) is 61.1 Å². The van der Waals surface area contributed by atoms with E-state index in [0.717, 1.165) is 103 Å². The first-order valence-corrected chi connectivity index (χ1v) is 22.8. The second-order valence-corrected chi connectivity index (χ2v) is 15.7. The van der Waals surface area contributed by atoms with Gasteiger partial charge in [0.2, 0.25) is 0 Å². The molecule has 0 saturated carbocycles. The van der Waals surface area contributed by atoms with Gasteiger partial charge in [0.15, 0.2) is 23.0 Å². The van der Waals surface area contributed by atoms with E-state index in [4.69, 9.17) is 33.4 Å². The fourth-order valence-electron chi connectivity index (χ4n) is 8.30. The van der Waals surface area contributed by atoms with E-state index in [1.807, 2.05) is 86.8 Å². The van der Waals surface area contributed by atoms with E-state index in [1.165, 1.54) is 0 Å². The topological polar surface area (TPSA) is 159 Å². The monoisotopic (exact) mass is 909 g/mol. The molecule has 3 N–H and O–H groups in total. The molecular weight excluding hydrogens is 847 g/mol. The summed E-state index contributed by atoms with van der Waals surface area (Å²) in [6.07, 6.45) is 6.10. The molecule has 8 aromatic rings. The number of methoxy groups -OCH3 is 6. The maximum absolute atomic E-state index is 13.4. The van der Waals surface area contributed by atoms with Crippen molar-refractivity contribution in [3.8, 4) is 28.7 Å². The zero-order valence-electron chi connectivity index (χ0n) is 40.4. The lowest BCUT2D eigenvalue weighted by Gasteiger charge is -2.17. The smallest absolute Gasteiger partial charge is 0.252 e. The number of pyridine rings is 4. The van der Waals surface area contributed by atoms with Crippen LogP contribution in [0.15, 0.2) is 94.6 Å². The number of benzene rings is 4. The Morgan fingerprint density at radius 2 is 1.13 bits per heavy atom. The van der Waals surface area contributed by atoms with Crippen molar-refractivity contribution in [1.29, 1.82) is 0 Å². The van der Waals surface area contributed by atoms with Crippen LogP contribution < -0.4 is 40.1 Å². The van der Waals surface area contributed by atoms with E-state index < -0.39 is 0 Å². The number of aryl methyl sites for hydroxylation is 2. The summed E-state index contributed by atoms with van der Waals surface area (Å²) in [5.41, 5.74) is 6.65. The zero-order chi connectivity index (χ0) is 48.0. The minimum Gasteiger partial charge on any atom is -0.497 e. The van der Waals surface area contributed by atoms with E-state index in [1.54, 1.807) is 42.7 Å². The Labute approximate surface area is 391 Å². The molecule has 352 valence electrons. The van der Waals surface area contributed by atoms with Gasteiger partial charge in [-0.2, -0.15) is 0 Å². The lowest BCUT2D eigenvalue weighted by atomic mass is 9.96. The summed E-state index contributed by atoms with van der Waals surface area (Å²) in [5, 5.41) is 9.05. The fraction of sp³-hybridized carbons (Fsp3) is 0.333. The van der Waals surface area contributed by atoms with Crippen LogP contribution in [-0.4, -0.2) is 75.7 Å². The van der Waals surface area contributed by atoms with Gasteiger partial charge in [-0.25, -0.2) is 4.98 Å². The first-order valence-electron chi connectivity index (χ1n) is 22.8. The maximum atomic E-state index is 13.4. The minimum absolute atomic E-state index is 0.0682. The normalized spacial score (nSPS) is 10.9. The lowest BCUT2D eigenvalue weighted by Crippen LogP contribution is -2.18. The summed E-state index contributed by atoms with van der Waals surface area (Å²) < 4.78 is 32.7. The summed E-state index contributed by atoms with van der Waals surface area (Å²) in [5.74, 6) is 3.95. The van der Waals surface area contributed by atoms with Crippen LogP contribution >= 0.6 is 0 Å². The van der Waals surface area contributed by atoms with Crippen molar-refractivity contribution >= 4 is 49.2 Å². The Balaban J connectivity index is 0.000000218. The third-order valence-electron chi connectivity index (χ3n) is 11.5. The molecular formula is C54H63N5O8. The SMILES string of the molecule is CC.CCCc1[nH]c(=O)c(Cc2cc3cc(OC)ccc3nc2NCCOC)c2cc(OC)c(OC)cc12.CCCc1[nH]c(=O)c(Cc2cnc3ccccc3c2)c2cc(OC)c(OC)cc12. The molecule has 0 unspecified atom stereocenters. The highest BCUT2D eigenvalue weighted by atomic mass is 16.5. The second kappa shape index (κ2) is 23.4. The highest BCUT2D eigenvalue weighted by Crippen LogP contribution is 2.37. The fourth-order valence-corrected chi connectivity index (χ4v) is 8.30. The van der Waals surface area contributed by atoms with Crippen molar-refractivity contribution < 1.29 is 28.4 Å². The van der Waals surface area contributed by atoms with Crippen LogP contribution in [0.3, 0.4) is 0 Å². The van der Waals surface area contributed by atoms with Crippen LogP contribution in [0.2, 0.25) is 0 Å². The molecule has 0 bridgehead atoms. The molecule has 4 heterocycles. The first-order chi connectivity index (χ1) is 32.7. The summed E-state index contributed by atoms with van der Waals surface area (Å²) in [4.78, 5) is 42.0. The Morgan fingerprint density at radius 1 is 0.582 bits per heavy atom. The van der Waals surface area contributed by atoms with E-state index in [-0.39, 0.29) is 11.1 Å². The van der Waals surface area contributed by atoms with E-state index in [9.17, 15) is 9.59 Å². The number of nitrogens with one attached hydrogen (secondary N) is 3. The Bertz CT molecular complexity index is 3090. The third kappa shape index (κ3) is 11.1. The van der Waals surface area contributed by atoms with Crippen molar-refractivity contribution in [3.05, 3.63) is 139 Å². The van der Waals surface area contributed by atoms with Crippen LogP contribution in [0.25, 0.3) is 43.4 Å². The maximum Gasteiger partial charge on any atom is 0.252 e. The Hall–Kier alpha value is -7.12. The number of fused-ring (bicyclic) bond motifs is 4. The average molecular weight is 910 g/mol. The number of rotatable bonds is 17. The van der Waals surface area contributed by atoms with Gasteiger partial charge in [0, 0.05) is 76.8 Å². The van der Waals surface area contributed by atoms with Gasteiger partial charge in [-0.3, -0.25) is 14.6 Å². The van der Waals surface area contributed by atoms with Crippen molar-refractivity contribution in [2.24, 2.45) is 0 Å². The van der Waals surface area contributed by atoms with Crippen molar-refractivity contribution in [3.63, 3.8) is 0 Å². The van der Waals surface area contributed by atoms with Gasteiger partial charge in [0.1, 0.15) is 11.6 Å².